The number of methoxy groups -OCH3 is 1. The van der Waals surface area contributed by atoms with E-state index in [9.17, 15) is 0 Å². The molecule has 2 heterocycles. The molecule has 0 radical (unpaired) electrons. The van der Waals surface area contributed by atoms with Crippen molar-refractivity contribution in [3.63, 3.8) is 0 Å². The summed E-state index contributed by atoms with van der Waals surface area (Å²) in [6, 6.07) is 1.73. The molecule has 0 aromatic carbocycles. The van der Waals surface area contributed by atoms with Gasteiger partial charge in [-0.1, -0.05) is 0 Å². The molecule has 5 nitrogen and oxygen atoms in total. The summed E-state index contributed by atoms with van der Waals surface area (Å²) in [5.41, 5.74) is 6.52. The molecule has 2 rings (SSSR count). The lowest BCUT2D eigenvalue weighted by molar-refractivity contribution is 0.0689. The fourth-order valence-corrected chi connectivity index (χ4v) is 2.38. The highest BCUT2D eigenvalue weighted by Gasteiger charge is 2.20. The fourth-order valence-electron chi connectivity index (χ4n) is 1.54. The Kier molecular flexibility index (Phi) is 3.98. The van der Waals surface area contributed by atoms with Gasteiger partial charge in [-0.2, -0.15) is 11.8 Å². The number of nitrogens with zero attached hydrogens (tertiary/aromatic N) is 2. The Hall–Kier alpha value is -0.850. The zero-order chi connectivity index (χ0) is 11.4. The van der Waals surface area contributed by atoms with Gasteiger partial charge in [-0.3, -0.25) is 0 Å². The highest BCUT2D eigenvalue weighted by atomic mass is 32.2. The van der Waals surface area contributed by atoms with Gasteiger partial charge in [0.2, 0.25) is 0 Å². The van der Waals surface area contributed by atoms with Crippen LogP contribution in [0.4, 0.5) is 5.82 Å². The topological polar surface area (TPSA) is 70.3 Å². The number of thioether (sulfide) groups is 1. The number of ether oxygens (including phenoxy) is 2. The molecule has 1 aromatic heterocycles. The highest BCUT2D eigenvalue weighted by Crippen LogP contribution is 2.24. The molecule has 0 aliphatic carbocycles. The second-order valence-corrected chi connectivity index (χ2v) is 4.66. The van der Waals surface area contributed by atoms with Crippen molar-refractivity contribution in [3.05, 3.63) is 17.6 Å². The van der Waals surface area contributed by atoms with Gasteiger partial charge in [0.15, 0.2) is 5.82 Å². The number of aromatic nitrogens is 2. The van der Waals surface area contributed by atoms with Crippen LogP contribution in [0.25, 0.3) is 0 Å². The Labute approximate surface area is 98.7 Å². The molecule has 1 unspecified atom stereocenters. The fraction of sp³-hybridized carbons (Fsp3) is 0.600. The van der Waals surface area contributed by atoms with Crippen LogP contribution in [0.3, 0.4) is 0 Å². The lowest BCUT2D eigenvalue weighted by atomic mass is 10.3. The van der Waals surface area contributed by atoms with Crippen molar-refractivity contribution in [2.75, 3.05) is 31.0 Å². The minimum Gasteiger partial charge on any atom is -0.384 e. The molecule has 1 aliphatic rings. The number of nitrogen functional groups attached to an aromatic ring is 1. The summed E-state index contributed by atoms with van der Waals surface area (Å²) in [5.74, 6) is 3.05. The summed E-state index contributed by atoms with van der Waals surface area (Å²) < 4.78 is 10.6. The van der Waals surface area contributed by atoms with Crippen molar-refractivity contribution >= 4 is 17.6 Å². The molecule has 1 aromatic rings. The van der Waals surface area contributed by atoms with Crippen LogP contribution in [-0.4, -0.2) is 35.2 Å². The van der Waals surface area contributed by atoms with Gasteiger partial charge in [0.1, 0.15) is 11.9 Å². The minimum atomic E-state index is -0.0437. The van der Waals surface area contributed by atoms with Gasteiger partial charge >= 0.3 is 0 Å². The second kappa shape index (κ2) is 5.47. The first-order chi connectivity index (χ1) is 7.79. The molecule has 0 amide bonds. The van der Waals surface area contributed by atoms with Crippen LogP contribution >= 0.6 is 11.8 Å². The normalized spacial score (nSPS) is 20.9. The maximum atomic E-state index is 5.73. The largest absolute Gasteiger partial charge is 0.384 e. The van der Waals surface area contributed by atoms with Gasteiger partial charge in [0.25, 0.3) is 0 Å². The molecule has 16 heavy (non-hydrogen) atoms. The third-order valence-electron chi connectivity index (χ3n) is 2.21. The second-order valence-electron chi connectivity index (χ2n) is 3.51. The summed E-state index contributed by atoms with van der Waals surface area (Å²) in [7, 11) is 1.63. The van der Waals surface area contributed by atoms with E-state index < -0.39 is 0 Å². The molecule has 1 saturated heterocycles. The van der Waals surface area contributed by atoms with Crippen molar-refractivity contribution < 1.29 is 9.47 Å². The third-order valence-corrected chi connectivity index (χ3v) is 3.21. The molecule has 1 atom stereocenters. The minimum absolute atomic E-state index is 0.0437. The Balaban J connectivity index is 2.18. The van der Waals surface area contributed by atoms with Crippen LogP contribution in [0.5, 0.6) is 0 Å². The van der Waals surface area contributed by atoms with E-state index in [2.05, 4.69) is 9.97 Å². The van der Waals surface area contributed by atoms with E-state index in [1.54, 1.807) is 13.2 Å². The van der Waals surface area contributed by atoms with Crippen LogP contribution in [0.1, 0.15) is 17.6 Å². The van der Waals surface area contributed by atoms with Crippen molar-refractivity contribution in [3.8, 4) is 0 Å². The van der Waals surface area contributed by atoms with E-state index in [0.29, 0.717) is 18.2 Å². The van der Waals surface area contributed by atoms with Gasteiger partial charge in [-0.25, -0.2) is 9.97 Å². The molecule has 88 valence electrons. The van der Waals surface area contributed by atoms with E-state index in [4.69, 9.17) is 15.2 Å². The number of nitrogens with two attached hydrogens (primary N) is 1. The number of hydrogen-bond acceptors (Lipinski definition) is 6. The molecule has 2 N–H and O–H groups in total. The van der Waals surface area contributed by atoms with Gasteiger partial charge in [0.05, 0.1) is 18.9 Å². The van der Waals surface area contributed by atoms with E-state index in [1.165, 1.54) is 0 Å². The molecular formula is C10H15N3O2S. The van der Waals surface area contributed by atoms with E-state index >= 15 is 0 Å². The van der Waals surface area contributed by atoms with Crippen LogP contribution in [0, 0.1) is 0 Å². The van der Waals surface area contributed by atoms with Crippen molar-refractivity contribution in [1.29, 1.82) is 0 Å². The maximum Gasteiger partial charge on any atom is 0.160 e. The van der Waals surface area contributed by atoms with Crippen LogP contribution in [0.2, 0.25) is 0 Å². The average molecular weight is 241 g/mol. The summed E-state index contributed by atoms with van der Waals surface area (Å²) in [5, 5.41) is 0. The first-order valence-corrected chi connectivity index (χ1v) is 6.26. The lowest BCUT2D eigenvalue weighted by Gasteiger charge is -2.21. The summed E-state index contributed by atoms with van der Waals surface area (Å²) >= 11 is 1.85. The van der Waals surface area contributed by atoms with Crippen molar-refractivity contribution in [1.82, 2.24) is 9.97 Å². The summed E-state index contributed by atoms with van der Waals surface area (Å²) in [6.45, 7) is 1.19. The predicted molar refractivity (Wildman–Crippen MR) is 63.2 cm³/mol. The molecule has 0 spiro atoms. The van der Waals surface area contributed by atoms with Gasteiger partial charge in [0, 0.05) is 24.7 Å². The average Bonchev–Trinajstić information content (AvgIpc) is 2.30. The Morgan fingerprint density at radius 1 is 1.62 bits per heavy atom. The van der Waals surface area contributed by atoms with Crippen LogP contribution in [0.15, 0.2) is 6.07 Å². The van der Waals surface area contributed by atoms with Gasteiger partial charge in [-0.15, -0.1) is 0 Å². The zero-order valence-electron chi connectivity index (χ0n) is 9.18. The van der Waals surface area contributed by atoms with Crippen LogP contribution < -0.4 is 5.73 Å². The first kappa shape index (κ1) is 11.6. The van der Waals surface area contributed by atoms with Crippen LogP contribution in [-0.2, 0) is 16.1 Å². The molecule has 1 aliphatic heterocycles. The first-order valence-electron chi connectivity index (χ1n) is 5.11. The lowest BCUT2D eigenvalue weighted by Crippen LogP contribution is -2.19. The SMILES string of the molecule is COCc1cc(N)nc(C2CSCCO2)n1. The Morgan fingerprint density at radius 3 is 3.19 bits per heavy atom. The summed E-state index contributed by atoms with van der Waals surface area (Å²) in [4.78, 5) is 8.61. The summed E-state index contributed by atoms with van der Waals surface area (Å²) in [6.07, 6.45) is -0.0437. The number of rotatable bonds is 3. The smallest absolute Gasteiger partial charge is 0.160 e. The number of anilines is 1. The van der Waals surface area contributed by atoms with Gasteiger partial charge < -0.3 is 15.2 Å². The highest BCUT2D eigenvalue weighted by molar-refractivity contribution is 7.99. The third kappa shape index (κ3) is 2.84. The molecule has 0 bridgehead atoms. The number of hydrogen-bond donors (Lipinski definition) is 1. The predicted octanol–water partition coefficient (Wildman–Crippen LogP) is 1.01. The molecule has 6 heteroatoms. The van der Waals surface area contributed by atoms with Gasteiger partial charge in [-0.05, 0) is 0 Å². The van der Waals surface area contributed by atoms with Crippen molar-refractivity contribution in [2.24, 2.45) is 0 Å². The van der Waals surface area contributed by atoms with Crippen molar-refractivity contribution in [2.45, 2.75) is 12.7 Å². The quantitative estimate of drug-likeness (QED) is 0.851. The van der Waals surface area contributed by atoms with E-state index in [-0.39, 0.29) is 6.10 Å². The van der Waals surface area contributed by atoms with E-state index in [0.717, 1.165) is 23.8 Å². The maximum absolute atomic E-state index is 5.73. The monoisotopic (exact) mass is 241 g/mol. The van der Waals surface area contributed by atoms with E-state index in [1.807, 2.05) is 11.8 Å². The molecule has 1 fully saturated rings. The zero-order valence-corrected chi connectivity index (χ0v) is 10.00. The Morgan fingerprint density at radius 2 is 2.50 bits per heavy atom. The molecular weight excluding hydrogens is 226 g/mol. The standard InChI is InChI=1S/C10H15N3O2S/c1-14-5-7-4-9(11)13-10(12-7)8-6-16-3-2-15-8/h4,8H,2-3,5-6H2,1H3,(H2,11,12,13). The molecule has 0 saturated carbocycles. The Bertz CT molecular complexity index is 356.